The molecule has 0 saturated heterocycles. The van der Waals surface area contributed by atoms with Gasteiger partial charge in [0.25, 0.3) is 5.91 Å². The maximum absolute atomic E-state index is 12.3. The second-order valence-corrected chi connectivity index (χ2v) is 7.49. The van der Waals surface area contributed by atoms with Gasteiger partial charge in [-0.05, 0) is 71.8 Å². The number of nitrogens with zero attached hydrogens (tertiary/aromatic N) is 1. The van der Waals surface area contributed by atoms with Crippen molar-refractivity contribution >= 4 is 46.3 Å². The van der Waals surface area contributed by atoms with Gasteiger partial charge in [-0.3, -0.25) is 4.79 Å². The van der Waals surface area contributed by atoms with Gasteiger partial charge in [0.05, 0.1) is 35.1 Å². The molecule has 8 heteroatoms. The zero-order valence-corrected chi connectivity index (χ0v) is 19.0. The van der Waals surface area contributed by atoms with Crippen molar-refractivity contribution in [2.75, 3.05) is 14.2 Å². The van der Waals surface area contributed by atoms with Crippen molar-refractivity contribution in [2.24, 2.45) is 5.10 Å². The lowest BCUT2D eigenvalue weighted by Gasteiger charge is -2.17. The van der Waals surface area contributed by atoms with E-state index in [1.165, 1.54) is 6.21 Å². The normalized spacial score (nSPS) is 11.9. The Kier molecular flexibility index (Phi) is 8.37. The van der Waals surface area contributed by atoms with Gasteiger partial charge in [-0.25, -0.2) is 5.43 Å². The van der Waals surface area contributed by atoms with Gasteiger partial charge in [0, 0.05) is 5.56 Å². The van der Waals surface area contributed by atoms with E-state index in [-0.39, 0.29) is 12.0 Å². The molecule has 0 aliphatic rings. The first-order chi connectivity index (χ1) is 13.4. The van der Waals surface area contributed by atoms with Gasteiger partial charge in [-0.15, -0.1) is 0 Å². The summed E-state index contributed by atoms with van der Waals surface area (Å²) in [7, 11) is 3.10. The van der Waals surface area contributed by atoms with Crippen LogP contribution in [-0.2, 0) is 0 Å². The summed E-state index contributed by atoms with van der Waals surface area (Å²) in [6.07, 6.45) is 2.34. The van der Waals surface area contributed by atoms with Crippen LogP contribution in [0.3, 0.4) is 0 Å². The fourth-order valence-electron chi connectivity index (χ4n) is 2.24. The molecule has 2 aromatic carbocycles. The van der Waals surface area contributed by atoms with E-state index < -0.39 is 0 Å². The molecule has 2 rings (SSSR count). The number of amides is 1. The average Bonchev–Trinajstić information content (AvgIpc) is 2.69. The van der Waals surface area contributed by atoms with Gasteiger partial charge >= 0.3 is 0 Å². The molecule has 0 saturated carbocycles. The number of hydrogen-bond donors (Lipinski definition) is 1. The third-order valence-electron chi connectivity index (χ3n) is 3.94. The molecular weight excluding hydrogens is 495 g/mol. The number of carbonyl (C=O) groups is 1. The number of halogens is 2. The molecule has 0 aliphatic carbocycles. The molecule has 0 bridgehead atoms. The van der Waals surface area contributed by atoms with Crippen LogP contribution in [0.15, 0.2) is 35.4 Å². The summed E-state index contributed by atoms with van der Waals surface area (Å²) in [5, 5.41) is 4.41. The predicted octanol–water partition coefficient (Wildman–Crippen LogP) is 4.90. The highest BCUT2D eigenvalue weighted by Gasteiger charge is 2.14. The van der Waals surface area contributed by atoms with E-state index in [2.05, 4.69) is 33.1 Å². The molecule has 0 heterocycles. The van der Waals surface area contributed by atoms with Gasteiger partial charge in [0.15, 0.2) is 11.5 Å². The summed E-state index contributed by atoms with van der Waals surface area (Å²) < 4.78 is 17.3. The van der Waals surface area contributed by atoms with E-state index in [4.69, 9.17) is 25.8 Å². The minimum absolute atomic E-state index is 0.0103. The Morgan fingerprint density at radius 2 is 1.96 bits per heavy atom. The van der Waals surface area contributed by atoms with Crippen LogP contribution in [0, 0.1) is 3.57 Å². The molecule has 28 heavy (non-hydrogen) atoms. The number of hydrogen-bond acceptors (Lipinski definition) is 5. The van der Waals surface area contributed by atoms with Gasteiger partial charge < -0.3 is 14.2 Å². The zero-order chi connectivity index (χ0) is 20.7. The molecule has 0 fully saturated rings. The smallest absolute Gasteiger partial charge is 0.271 e. The largest absolute Gasteiger partial charge is 0.496 e. The van der Waals surface area contributed by atoms with Crippen molar-refractivity contribution in [1.82, 2.24) is 5.43 Å². The molecule has 1 N–H and O–H groups in total. The maximum Gasteiger partial charge on any atom is 0.271 e. The molecule has 0 unspecified atom stereocenters. The molecule has 0 radical (unpaired) electrons. The van der Waals surface area contributed by atoms with E-state index in [0.717, 1.165) is 9.99 Å². The topological polar surface area (TPSA) is 69.2 Å². The lowest BCUT2D eigenvalue weighted by Crippen LogP contribution is -2.17. The summed E-state index contributed by atoms with van der Waals surface area (Å²) in [4.78, 5) is 12.3. The third kappa shape index (κ3) is 5.75. The first-order valence-corrected chi connectivity index (χ1v) is 10.1. The average molecular weight is 517 g/mol. The third-order valence-corrected chi connectivity index (χ3v) is 5.11. The summed E-state index contributed by atoms with van der Waals surface area (Å²) in [6.45, 7) is 3.98. The number of nitrogens with one attached hydrogen (secondary N) is 1. The molecule has 2 aromatic rings. The molecule has 0 spiro atoms. The molecule has 1 amide bonds. The monoisotopic (exact) mass is 516 g/mol. The second-order valence-electron chi connectivity index (χ2n) is 5.92. The van der Waals surface area contributed by atoms with E-state index in [9.17, 15) is 4.79 Å². The standard InChI is InChI=1S/C20H22ClIN2O4/c1-5-12(2)28-19-15(21)8-13(9-18(19)27-4)11-23-24-20(25)14-6-7-16(22)17(10-14)26-3/h6-12H,5H2,1-4H3,(H,24,25)/b23-11+/t12-/m0/s1. The predicted molar refractivity (Wildman–Crippen MR) is 119 cm³/mol. The molecule has 1 atom stereocenters. The first kappa shape index (κ1) is 22.3. The second kappa shape index (κ2) is 10.5. The van der Waals surface area contributed by atoms with Gasteiger partial charge in [0.1, 0.15) is 5.75 Å². The fraction of sp³-hybridized carbons (Fsp3) is 0.300. The number of benzene rings is 2. The van der Waals surface area contributed by atoms with Crippen LogP contribution in [0.4, 0.5) is 0 Å². The number of ether oxygens (including phenoxy) is 3. The van der Waals surface area contributed by atoms with E-state index >= 15 is 0 Å². The van der Waals surface area contributed by atoms with Crippen molar-refractivity contribution in [3.63, 3.8) is 0 Å². The van der Waals surface area contributed by atoms with E-state index in [0.29, 0.717) is 33.4 Å². The molecule has 0 aliphatic heterocycles. The van der Waals surface area contributed by atoms with Gasteiger partial charge in [-0.1, -0.05) is 18.5 Å². The Morgan fingerprint density at radius 1 is 1.25 bits per heavy atom. The summed E-state index contributed by atoms with van der Waals surface area (Å²) in [6, 6.07) is 8.61. The Morgan fingerprint density at radius 3 is 2.61 bits per heavy atom. The Labute approximate surface area is 183 Å². The highest BCUT2D eigenvalue weighted by atomic mass is 127. The van der Waals surface area contributed by atoms with Crippen molar-refractivity contribution in [2.45, 2.75) is 26.4 Å². The van der Waals surface area contributed by atoms with Crippen LogP contribution in [0.5, 0.6) is 17.2 Å². The minimum atomic E-state index is -0.347. The van der Waals surface area contributed by atoms with Crippen molar-refractivity contribution in [1.29, 1.82) is 0 Å². The number of rotatable bonds is 8. The Balaban J connectivity index is 2.13. The number of carbonyl (C=O) groups excluding carboxylic acids is 1. The summed E-state index contributed by atoms with van der Waals surface area (Å²) in [5.41, 5.74) is 3.60. The van der Waals surface area contributed by atoms with Crippen molar-refractivity contribution < 1.29 is 19.0 Å². The lowest BCUT2D eigenvalue weighted by molar-refractivity contribution is 0.0954. The van der Waals surface area contributed by atoms with E-state index in [1.807, 2.05) is 13.8 Å². The summed E-state index contributed by atoms with van der Waals surface area (Å²) >= 11 is 8.47. The Bertz CT molecular complexity index is 874. The van der Waals surface area contributed by atoms with Crippen LogP contribution in [0.1, 0.15) is 36.2 Å². The van der Waals surface area contributed by atoms with Gasteiger partial charge in [-0.2, -0.15) is 5.10 Å². The van der Waals surface area contributed by atoms with Crippen molar-refractivity contribution in [3.05, 3.63) is 50.1 Å². The molecule has 0 aromatic heterocycles. The minimum Gasteiger partial charge on any atom is -0.496 e. The highest BCUT2D eigenvalue weighted by molar-refractivity contribution is 14.1. The quantitative estimate of drug-likeness (QED) is 0.308. The molecular formula is C20H22ClIN2O4. The SMILES string of the molecule is CC[C@H](C)Oc1c(Cl)cc(/C=N/NC(=O)c2ccc(I)c(OC)c2)cc1OC. The Hall–Kier alpha value is -2.00. The zero-order valence-electron chi connectivity index (χ0n) is 16.1. The van der Waals surface area contributed by atoms with Crippen LogP contribution in [0.25, 0.3) is 0 Å². The number of hydrazone groups is 1. The molecule has 6 nitrogen and oxygen atoms in total. The molecule has 150 valence electrons. The number of methoxy groups -OCH3 is 2. The highest BCUT2D eigenvalue weighted by Crippen LogP contribution is 2.37. The van der Waals surface area contributed by atoms with Crippen LogP contribution in [-0.4, -0.2) is 32.4 Å². The van der Waals surface area contributed by atoms with Gasteiger partial charge in [0.2, 0.25) is 0 Å². The van der Waals surface area contributed by atoms with Crippen LogP contribution >= 0.6 is 34.2 Å². The van der Waals surface area contributed by atoms with Crippen LogP contribution < -0.4 is 19.6 Å². The first-order valence-electron chi connectivity index (χ1n) is 8.60. The van der Waals surface area contributed by atoms with Crippen molar-refractivity contribution in [3.8, 4) is 17.2 Å². The maximum atomic E-state index is 12.3. The lowest BCUT2D eigenvalue weighted by atomic mass is 10.2. The van der Waals surface area contributed by atoms with Crippen LogP contribution in [0.2, 0.25) is 5.02 Å². The fourth-order valence-corrected chi connectivity index (χ4v) is 3.06. The van der Waals surface area contributed by atoms with E-state index in [1.54, 1.807) is 44.6 Å². The summed E-state index contributed by atoms with van der Waals surface area (Å²) in [5.74, 6) is 1.28.